The van der Waals surface area contributed by atoms with Gasteiger partial charge in [-0.25, -0.2) is 4.98 Å². The topological polar surface area (TPSA) is 65.4 Å². The number of carbonyl (C=O) groups is 1. The van der Waals surface area contributed by atoms with Crippen LogP contribution in [0, 0.1) is 6.92 Å². The fourth-order valence-corrected chi connectivity index (χ4v) is 3.25. The average Bonchev–Trinajstić information content (AvgIpc) is 3.23. The number of hydrogen-bond donors (Lipinski definition) is 1. The smallest absolute Gasteiger partial charge is 0.257 e. The zero-order chi connectivity index (χ0) is 17.4. The minimum absolute atomic E-state index is 0.0379. The molecule has 1 amide bonds. The second-order valence-corrected chi connectivity index (χ2v) is 6.84. The minimum atomic E-state index is -0.0960. The van der Waals surface area contributed by atoms with Crippen molar-refractivity contribution in [2.75, 3.05) is 18.5 Å². The number of amides is 1. The third-order valence-corrected chi connectivity index (χ3v) is 4.98. The van der Waals surface area contributed by atoms with E-state index in [0.717, 1.165) is 24.3 Å². The summed E-state index contributed by atoms with van der Waals surface area (Å²) in [5.74, 6) is 1.03. The molecule has 1 atom stereocenters. The van der Waals surface area contributed by atoms with Gasteiger partial charge in [0.1, 0.15) is 6.10 Å². The number of hydrogen-bond acceptors (Lipinski definition) is 4. The van der Waals surface area contributed by atoms with Crippen LogP contribution in [0.5, 0.6) is 5.88 Å². The summed E-state index contributed by atoms with van der Waals surface area (Å²) in [5, 5.41) is 2.96. The predicted molar refractivity (Wildman–Crippen MR) is 94.2 cm³/mol. The third-order valence-electron chi connectivity index (χ3n) is 4.98. The number of anilines is 1. The Bertz CT molecular complexity index is 789. The van der Waals surface area contributed by atoms with E-state index in [1.807, 2.05) is 20.0 Å². The van der Waals surface area contributed by atoms with Crippen molar-refractivity contribution in [2.45, 2.75) is 38.2 Å². The first-order valence-electron chi connectivity index (χ1n) is 8.80. The Morgan fingerprint density at radius 2 is 2.20 bits per heavy atom. The van der Waals surface area contributed by atoms with Crippen molar-refractivity contribution in [3.8, 4) is 5.88 Å². The number of pyridine rings is 1. The molecule has 0 bridgehead atoms. The van der Waals surface area contributed by atoms with Crippen LogP contribution in [-0.2, 0) is 11.8 Å². The Balaban J connectivity index is 1.48. The molecule has 2 fully saturated rings. The molecule has 1 N–H and O–H groups in total. The normalized spacial score (nSPS) is 19.8. The van der Waals surface area contributed by atoms with Gasteiger partial charge in [0.15, 0.2) is 0 Å². The number of rotatable bonds is 5. The number of nitrogens with zero attached hydrogens (tertiary/aromatic N) is 2. The van der Waals surface area contributed by atoms with Gasteiger partial charge in [0.25, 0.3) is 5.91 Å². The van der Waals surface area contributed by atoms with E-state index in [1.54, 1.807) is 18.3 Å². The van der Waals surface area contributed by atoms with Gasteiger partial charge in [0, 0.05) is 42.8 Å². The van der Waals surface area contributed by atoms with E-state index in [2.05, 4.69) is 14.9 Å². The number of nitrogens with one attached hydrogen (secondary N) is 1. The zero-order valence-corrected chi connectivity index (χ0v) is 14.6. The van der Waals surface area contributed by atoms with Gasteiger partial charge in [-0.15, -0.1) is 0 Å². The number of ether oxygens (including phenoxy) is 2. The number of aromatic nitrogens is 2. The molecule has 2 aromatic rings. The molecular weight excluding hydrogens is 318 g/mol. The molecular formula is C19H23N3O3. The molecule has 6 nitrogen and oxygen atoms in total. The van der Waals surface area contributed by atoms with Crippen LogP contribution in [0.2, 0.25) is 0 Å². The van der Waals surface area contributed by atoms with Crippen LogP contribution in [0.25, 0.3) is 0 Å². The molecule has 6 heteroatoms. The lowest BCUT2D eigenvalue weighted by atomic mass is 10.2. The lowest BCUT2D eigenvalue weighted by Crippen LogP contribution is -2.17. The van der Waals surface area contributed by atoms with Crippen molar-refractivity contribution in [1.29, 1.82) is 0 Å². The van der Waals surface area contributed by atoms with E-state index in [1.165, 1.54) is 18.5 Å². The predicted octanol–water partition coefficient (Wildman–Crippen LogP) is 3.03. The van der Waals surface area contributed by atoms with E-state index in [-0.39, 0.29) is 12.0 Å². The molecule has 1 saturated heterocycles. The van der Waals surface area contributed by atoms with Gasteiger partial charge in [0.05, 0.1) is 18.8 Å². The van der Waals surface area contributed by atoms with Gasteiger partial charge < -0.3 is 19.4 Å². The maximum atomic E-state index is 12.7. The van der Waals surface area contributed by atoms with Crippen LogP contribution in [0.3, 0.4) is 0 Å². The average molecular weight is 341 g/mol. The first kappa shape index (κ1) is 16.1. The van der Waals surface area contributed by atoms with Crippen LogP contribution >= 0.6 is 0 Å². The van der Waals surface area contributed by atoms with Crippen LogP contribution in [0.4, 0.5) is 5.69 Å². The van der Waals surface area contributed by atoms with Crippen molar-refractivity contribution in [1.82, 2.24) is 9.55 Å². The summed E-state index contributed by atoms with van der Waals surface area (Å²) in [6, 6.07) is 5.56. The maximum Gasteiger partial charge on any atom is 0.257 e. The lowest BCUT2D eigenvalue weighted by molar-refractivity contribution is 0.102. The Morgan fingerprint density at radius 3 is 2.92 bits per heavy atom. The fourth-order valence-electron chi connectivity index (χ4n) is 3.25. The molecule has 2 aromatic heterocycles. The van der Waals surface area contributed by atoms with E-state index in [4.69, 9.17) is 9.47 Å². The molecule has 0 radical (unpaired) electrons. The molecule has 3 heterocycles. The lowest BCUT2D eigenvalue weighted by Gasteiger charge is -2.12. The molecule has 1 aliphatic heterocycles. The molecule has 1 saturated carbocycles. The first-order chi connectivity index (χ1) is 12.1. The van der Waals surface area contributed by atoms with Crippen molar-refractivity contribution >= 4 is 11.6 Å². The fraction of sp³-hybridized carbons (Fsp3) is 0.474. The largest absolute Gasteiger partial charge is 0.472 e. The summed E-state index contributed by atoms with van der Waals surface area (Å²) in [4.78, 5) is 16.9. The molecule has 4 rings (SSSR count). The van der Waals surface area contributed by atoms with E-state index in [0.29, 0.717) is 24.1 Å². The molecule has 0 aromatic carbocycles. The van der Waals surface area contributed by atoms with Crippen LogP contribution in [0.1, 0.15) is 46.9 Å². The highest BCUT2D eigenvalue weighted by Crippen LogP contribution is 2.41. The van der Waals surface area contributed by atoms with E-state index in [9.17, 15) is 4.79 Å². The van der Waals surface area contributed by atoms with E-state index >= 15 is 0 Å². The zero-order valence-electron chi connectivity index (χ0n) is 14.6. The van der Waals surface area contributed by atoms with Gasteiger partial charge >= 0.3 is 0 Å². The van der Waals surface area contributed by atoms with Crippen LogP contribution in [-0.4, -0.2) is 34.8 Å². The summed E-state index contributed by atoms with van der Waals surface area (Å²) in [6.07, 6.45) is 4.98. The highest BCUT2D eigenvalue weighted by Gasteiger charge is 2.29. The Hall–Kier alpha value is -2.34. The summed E-state index contributed by atoms with van der Waals surface area (Å²) in [5.41, 5.74) is 3.66. The van der Waals surface area contributed by atoms with Gasteiger partial charge in [-0.1, -0.05) is 0 Å². The van der Waals surface area contributed by atoms with Crippen molar-refractivity contribution in [2.24, 2.45) is 7.05 Å². The van der Waals surface area contributed by atoms with Gasteiger partial charge in [-0.2, -0.15) is 0 Å². The van der Waals surface area contributed by atoms with Crippen molar-refractivity contribution in [3.05, 3.63) is 41.3 Å². The summed E-state index contributed by atoms with van der Waals surface area (Å²) >= 11 is 0. The summed E-state index contributed by atoms with van der Waals surface area (Å²) in [6.45, 7) is 3.30. The maximum absolute atomic E-state index is 12.7. The van der Waals surface area contributed by atoms with Crippen molar-refractivity contribution in [3.63, 3.8) is 0 Å². The van der Waals surface area contributed by atoms with Crippen LogP contribution < -0.4 is 10.1 Å². The molecule has 132 valence electrons. The number of carbonyl (C=O) groups excluding carboxylic acids is 1. The molecule has 0 spiro atoms. The van der Waals surface area contributed by atoms with Gasteiger partial charge in [-0.05, 0) is 37.8 Å². The third kappa shape index (κ3) is 3.39. The second kappa shape index (κ2) is 6.52. The summed E-state index contributed by atoms with van der Waals surface area (Å²) < 4.78 is 13.2. The molecule has 2 aliphatic rings. The monoisotopic (exact) mass is 341 g/mol. The van der Waals surface area contributed by atoms with Gasteiger partial charge in [-0.3, -0.25) is 4.79 Å². The summed E-state index contributed by atoms with van der Waals surface area (Å²) in [7, 11) is 2.03. The molecule has 0 unspecified atom stereocenters. The van der Waals surface area contributed by atoms with Crippen LogP contribution in [0.15, 0.2) is 24.4 Å². The van der Waals surface area contributed by atoms with E-state index < -0.39 is 0 Å². The van der Waals surface area contributed by atoms with Crippen molar-refractivity contribution < 1.29 is 14.3 Å². The quantitative estimate of drug-likeness (QED) is 0.908. The standard InChI is InChI=1S/C19H23N3O3/c1-12-16(10-17(22(12)2)13-3-4-13)19(23)21-14-5-7-20-18(9-14)25-15-6-8-24-11-15/h5,7,9-10,13,15H,3-4,6,8,11H2,1-2H3,(H,20,21,23)/t15-/m0/s1. The Morgan fingerprint density at radius 1 is 1.36 bits per heavy atom. The minimum Gasteiger partial charge on any atom is -0.472 e. The Kier molecular flexibility index (Phi) is 4.21. The molecule has 25 heavy (non-hydrogen) atoms. The Labute approximate surface area is 147 Å². The van der Waals surface area contributed by atoms with Gasteiger partial charge in [0.2, 0.25) is 5.88 Å². The first-order valence-corrected chi connectivity index (χ1v) is 8.80. The highest BCUT2D eigenvalue weighted by atomic mass is 16.5. The SMILES string of the molecule is Cc1c(C(=O)Nc2ccnc(O[C@H]3CCOC3)c2)cc(C2CC2)n1C. The molecule has 1 aliphatic carbocycles. The highest BCUT2D eigenvalue weighted by molar-refractivity contribution is 6.05. The second-order valence-electron chi connectivity index (χ2n) is 6.84.